The number of rotatable bonds is 4. The predicted octanol–water partition coefficient (Wildman–Crippen LogP) is 1.41. The third-order valence-electron chi connectivity index (χ3n) is 3.38. The van der Waals surface area contributed by atoms with Crippen LogP contribution in [0.3, 0.4) is 0 Å². The summed E-state index contributed by atoms with van der Waals surface area (Å²) >= 11 is 0. The van der Waals surface area contributed by atoms with Gasteiger partial charge in [0.2, 0.25) is 0 Å². The number of carboxylic acid groups (broad SMARTS) is 1. The minimum Gasteiger partial charge on any atom is -0.465 e. The second-order valence-electron chi connectivity index (χ2n) is 5.53. The predicted molar refractivity (Wildman–Crippen MR) is 88.4 cm³/mol. The van der Waals surface area contributed by atoms with E-state index in [1.165, 1.54) is 21.7 Å². The molecule has 9 nitrogen and oxygen atoms in total. The maximum atomic E-state index is 12.3. The van der Waals surface area contributed by atoms with Crippen molar-refractivity contribution in [2.75, 3.05) is 24.7 Å². The molecule has 0 fully saturated rings. The van der Waals surface area contributed by atoms with Crippen LogP contribution in [0.4, 0.5) is 16.2 Å². The molecule has 0 aliphatic heterocycles. The van der Waals surface area contributed by atoms with E-state index in [1.54, 1.807) is 45.0 Å². The Labute approximate surface area is 138 Å². The van der Waals surface area contributed by atoms with Gasteiger partial charge in [0, 0.05) is 40.6 Å². The van der Waals surface area contributed by atoms with E-state index < -0.39 is 12.0 Å². The summed E-state index contributed by atoms with van der Waals surface area (Å²) in [5, 5.41) is 13.6. The van der Waals surface area contributed by atoms with E-state index in [2.05, 4.69) is 10.6 Å². The van der Waals surface area contributed by atoms with E-state index in [0.717, 1.165) is 0 Å². The van der Waals surface area contributed by atoms with E-state index in [-0.39, 0.29) is 11.6 Å². The van der Waals surface area contributed by atoms with Crippen LogP contribution in [-0.4, -0.2) is 51.1 Å². The van der Waals surface area contributed by atoms with Gasteiger partial charge in [0.05, 0.1) is 11.4 Å². The van der Waals surface area contributed by atoms with Crippen molar-refractivity contribution in [3.63, 3.8) is 0 Å². The van der Waals surface area contributed by atoms with Gasteiger partial charge < -0.3 is 24.5 Å². The average Bonchev–Trinajstić information content (AvgIpc) is 3.00. The second kappa shape index (κ2) is 6.49. The molecule has 0 spiro atoms. The van der Waals surface area contributed by atoms with Crippen LogP contribution in [-0.2, 0) is 14.1 Å². The zero-order valence-electron chi connectivity index (χ0n) is 13.8. The average molecular weight is 333 g/mol. The normalized spacial score (nSPS) is 10.3. The van der Waals surface area contributed by atoms with Crippen molar-refractivity contribution in [1.82, 2.24) is 14.0 Å². The van der Waals surface area contributed by atoms with Crippen molar-refractivity contribution in [3.8, 4) is 0 Å². The number of aryl methyl sites for hydroxylation is 2. The van der Waals surface area contributed by atoms with E-state index in [9.17, 15) is 14.4 Å². The highest BCUT2D eigenvalue weighted by Crippen LogP contribution is 2.18. The van der Waals surface area contributed by atoms with Gasteiger partial charge in [-0.1, -0.05) is 0 Å². The van der Waals surface area contributed by atoms with Crippen molar-refractivity contribution in [1.29, 1.82) is 0 Å². The third-order valence-corrected chi connectivity index (χ3v) is 3.38. The van der Waals surface area contributed by atoms with Gasteiger partial charge >= 0.3 is 6.09 Å². The Balaban J connectivity index is 2.18. The molecule has 2 rings (SSSR count). The molecular weight excluding hydrogens is 314 g/mol. The van der Waals surface area contributed by atoms with Crippen LogP contribution in [0.2, 0.25) is 0 Å². The highest BCUT2D eigenvalue weighted by atomic mass is 16.4. The first-order valence-electron chi connectivity index (χ1n) is 7.04. The maximum absolute atomic E-state index is 12.3. The highest BCUT2D eigenvalue weighted by molar-refractivity contribution is 6.05. The van der Waals surface area contributed by atoms with Crippen molar-refractivity contribution in [2.45, 2.75) is 0 Å². The van der Waals surface area contributed by atoms with Gasteiger partial charge in [-0.2, -0.15) is 0 Å². The molecule has 0 saturated carbocycles. The Morgan fingerprint density at radius 3 is 2.00 bits per heavy atom. The Morgan fingerprint density at radius 1 is 0.958 bits per heavy atom. The van der Waals surface area contributed by atoms with Crippen LogP contribution in [0.15, 0.2) is 24.5 Å². The second-order valence-corrected chi connectivity index (χ2v) is 5.53. The smallest absolute Gasteiger partial charge is 0.409 e. The first-order valence-corrected chi connectivity index (χ1v) is 7.04. The summed E-state index contributed by atoms with van der Waals surface area (Å²) in [6.07, 6.45) is 1.92. The Hall–Kier alpha value is -3.23. The Morgan fingerprint density at radius 2 is 1.46 bits per heavy atom. The van der Waals surface area contributed by atoms with Gasteiger partial charge in [0.25, 0.3) is 11.8 Å². The number of aromatic nitrogens is 2. The van der Waals surface area contributed by atoms with Crippen LogP contribution < -0.4 is 10.6 Å². The minimum atomic E-state index is -1.21. The SMILES string of the molecule is CN(C)C(=O)c1cc(NC(=O)c2cc(NC(=O)O)cn2C)cn1C. The summed E-state index contributed by atoms with van der Waals surface area (Å²) < 4.78 is 3.13. The lowest BCUT2D eigenvalue weighted by Crippen LogP contribution is -2.23. The molecule has 0 saturated heterocycles. The monoisotopic (exact) mass is 333 g/mol. The summed E-state index contributed by atoms with van der Waals surface area (Å²) in [6.45, 7) is 0. The molecule has 2 aromatic heterocycles. The first-order chi connectivity index (χ1) is 11.2. The van der Waals surface area contributed by atoms with E-state index in [1.807, 2.05) is 0 Å². The van der Waals surface area contributed by atoms with Gasteiger partial charge in [0.15, 0.2) is 0 Å². The van der Waals surface area contributed by atoms with Gasteiger partial charge in [-0.15, -0.1) is 0 Å². The third kappa shape index (κ3) is 3.57. The van der Waals surface area contributed by atoms with Gasteiger partial charge in [-0.3, -0.25) is 14.9 Å². The Bertz CT molecular complexity index is 803. The number of hydrogen-bond donors (Lipinski definition) is 3. The quantitative estimate of drug-likeness (QED) is 0.786. The number of anilines is 2. The molecule has 2 aromatic rings. The van der Waals surface area contributed by atoms with Crippen LogP contribution in [0.5, 0.6) is 0 Å². The lowest BCUT2D eigenvalue weighted by Gasteiger charge is -2.09. The fraction of sp³-hybridized carbons (Fsp3) is 0.267. The summed E-state index contributed by atoms with van der Waals surface area (Å²) in [4.78, 5) is 36.5. The molecule has 0 aromatic carbocycles. The number of amides is 3. The van der Waals surface area contributed by atoms with Crippen LogP contribution in [0.25, 0.3) is 0 Å². The number of nitrogens with one attached hydrogen (secondary N) is 2. The molecule has 24 heavy (non-hydrogen) atoms. The standard InChI is InChI=1S/C15H19N5O4/c1-18(2)14(22)12-6-9(7-20(12)4)16-13(21)11-5-10(8-19(11)3)17-15(23)24/h5-8,17H,1-4H3,(H,16,21)(H,23,24). The van der Waals surface area contributed by atoms with E-state index in [4.69, 9.17) is 5.11 Å². The summed E-state index contributed by atoms with van der Waals surface area (Å²) in [5.41, 5.74) is 1.49. The van der Waals surface area contributed by atoms with Crippen molar-refractivity contribution in [3.05, 3.63) is 35.9 Å². The lowest BCUT2D eigenvalue weighted by molar-refractivity contribution is 0.0818. The first kappa shape index (κ1) is 17.1. The molecule has 128 valence electrons. The number of carbonyl (C=O) groups is 3. The van der Waals surface area contributed by atoms with Gasteiger partial charge in [-0.25, -0.2) is 4.79 Å². The fourth-order valence-corrected chi connectivity index (χ4v) is 2.25. The summed E-state index contributed by atoms with van der Waals surface area (Å²) in [6, 6.07) is 3.01. The van der Waals surface area contributed by atoms with Crippen molar-refractivity contribution in [2.24, 2.45) is 14.1 Å². The molecule has 0 aliphatic rings. The van der Waals surface area contributed by atoms with Crippen LogP contribution in [0.1, 0.15) is 21.0 Å². The molecule has 0 bridgehead atoms. The minimum absolute atomic E-state index is 0.176. The Kier molecular flexibility index (Phi) is 4.63. The van der Waals surface area contributed by atoms with Crippen LogP contribution in [0, 0.1) is 0 Å². The highest BCUT2D eigenvalue weighted by Gasteiger charge is 2.17. The molecule has 0 radical (unpaired) electrons. The molecule has 0 unspecified atom stereocenters. The molecular formula is C15H19N5O4. The topological polar surface area (TPSA) is 109 Å². The molecule has 0 aliphatic carbocycles. The number of carbonyl (C=O) groups excluding carboxylic acids is 2. The van der Waals surface area contributed by atoms with Gasteiger partial charge in [0.1, 0.15) is 11.4 Å². The zero-order valence-corrected chi connectivity index (χ0v) is 13.8. The lowest BCUT2D eigenvalue weighted by atomic mass is 10.3. The number of hydrogen-bond acceptors (Lipinski definition) is 3. The van der Waals surface area contributed by atoms with E-state index in [0.29, 0.717) is 17.1 Å². The maximum Gasteiger partial charge on any atom is 0.409 e. The van der Waals surface area contributed by atoms with Gasteiger partial charge in [-0.05, 0) is 12.1 Å². The molecule has 0 atom stereocenters. The molecule has 9 heteroatoms. The largest absolute Gasteiger partial charge is 0.465 e. The number of nitrogens with zero attached hydrogens (tertiary/aromatic N) is 3. The van der Waals surface area contributed by atoms with Crippen molar-refractivity contribution >= 4 is 29.3 Å². The van der Waals surface area contributed by atoms with Crippen LogP contribution >= 0.6 is 0 Å². The van der Waals surface area contributed by atoms with E-state index >= 15 is 0 Å². The molecule has 3 amide bonds. The molecule has 3 N–H and O–H groups in total. The fourth-order valence-electron chi connectivity index (χ4n) is 2.25. The molecule has 2 heterocycles. The van der Waals surface area contributed by atoms with Crippen molar-refractivity contribution < 1.29 is 19.5 Å². The summed E-state index contributed by atoms with van der Waals surface area (Å²) in [7, 11) is 6.64. The summed E-state index contributed by atoms with van der Waals surface area (Å²) in [5.74, 6) is -0.588. The zero-order chi connectivity index (χ0) is 18.0.